The van der Waals surface area contributed by atoms with Crippen molar-refractivity contribution in [1.29, 1.82) is 0 Å². The quantitative estimate of drug-likeness (QED) is 0.0279. The standard InChI is InChI=1S/C50H78O29/c51-21-5-1-18(2-6-21)46(68)71-16-31-37(60)39(62)42(65)48(77-31)73-22-7-3-19(4-8-22)47(69)72-17-32-38(61)40(63)43(66)49(78-32)74-23-11-25(52)24-13-29(45(75-28(24)12-23)20-9-26(53)35(58)27(54)10-20)76-50-44(67)41(64)36(59)30(79-50)15-70-34(57)14-33(55)56/h18-32,35-45,48-54,58-67H,1-17H2,(H,55,56)/p+1. The summed E-state index contributed by atoms with van der Waals surface area (Å²) >= 11 is 0. The second kappa shape index (κ2) is 27.2. The van der Waals surface area contributed by atoms with Crippen LogP contribution in [0.4, 0.5) is 0 Å². The largest absolute Gasteiger partial charge is 0.481 e. The van der Waals surface area contributed by atoms with Crippen molar-refractivity contribution in [3.8, 4) is 0 Å². The highest BCUT2D eigenvalue weighted by Crippen LogP contribution is 2.44. The Morgan fingerprint density at radius 1 is 0.443 bits per heavy atom. The van der Waals surface area contributed by atoms with E-state index < -0.39 is 227 Å². The molecule has 23 unspecified atom stereocenters. The maximum absolute atomic E-state index is 13.4. The molecule has 29 heteroatoms. The van der Waals surface area contributed by atoms with Crippen LogP contribution in [0.5, 0.6) is 0 Å². The first-order valence-corrected chi connectivity index (χ1v) is 27.3. The average molecular weight is 1140 g/mol. The third-order valence-corrected chi connectivity index (χ3v) is 17.1. The maximum atomic E-state index is 13.4. The fourth-order valence-corrected chi connectivity index (χ4v) is 12.4. The molecule has 23 atom stereocenters. The van der Waals surface area contributed by atoms with Crippen molar-refractivity contribution in [2.75, 3.05) is 19.8 Å². The molecule has 8 rings (SSSR count). The van der Waals surface area contributed by atoms with Crippen LogP contribution >= 0.6 is 0 Å². The van der Waals surface area contributed by atoms with Crippen LogP contribution in [-0.4, -0.2) is 278 Å². The van der Waals surface area contributed by atoms with E-state index >= 15 is 0 Å². The Morgan fingerprint density at radius 3 is 1.37 bits per heavy atom. The lowest BCUT2D eigenvalue weighted by molar-refractivity contribution is -0.363. The second-order valence-corrected chi connectivity index (χ2v) is 22.6. The lowest BCUT2D eigenvalue weighted by Gasteiger charge is -2.49. The number of hydrogen-bond donors (Lipinski definition) is 15. The Balaban J connectivity index is 0.833. The van der Waals surface area contributed by atoms with E-state index in [0.29, 0.717) is 25.7 Å². The molecule has 79 heavy (non-hydrogen) atoms. The van der Waals surface area contributed by atoms with Gasteiger partial charge in [0.15, 0.2) is 31.1 Å². The van der Waals surface area contributed by atoms with Gasteiger partial charge >= 0.3 is 23.9 Å². The van der Waals surface area contributed by atoms with Crippen molar-refractivity contribution in [3.05, 3.63) is 0 Å². The maximum Gasteiger partial charge on any atom is 0.317 e. The highest BCUT2D eigenvalue weighted by molar-refractivity contribution is 5.90. The molecule has 29 nitrogen and oxygen atoms in total. The zero-order chi connectivity index (χ0) is 57.1. The minimum Gasteiger partial charge on any atom is -0.481 e. The van der Waals surface area contributed by atoms with Crippen LogP contribution in [-0.2, 0) is 61.8 Å². The SMILES string of the molecule is O=C(O)CC(=O)OCC1OC(OC2CC3C(O)CC(OC4OC(COC(=O)C5CCC(OC6OC(COC(=O)C7CCC(O)CC7)C(O)C(O)C6O)CC5)C(O)C(O)C4O)CC3[OH+]C2C2CC(O)C(O)C(O)C2)C(O)C(O)C1O. The topological polar surface area (TPSA) is 468 Å². The fourth-order valence-electron chi connectivity index (χ4n) is 12.4. The normalized spacial score (nSPS) is 47.7. The molecular weight excluding hydrogens is 1060 g/mol. The molecule has 4 aliphatic carbocycles. The third-order valence-electron chi connectivity index (χ3n) is 17.1. The van der Waals surface area contributed by atoms with Gasteiger partial charge in [0.2, 0.25) is 0 Å². The van der Waals surface area contributed by atoms with Crippen molar-refractivity contribution < 1.29 is 143 Å². The van der Waals surface area contributed by atoms with E-state index in [-0.39, 0.29) is 57.8 Å². The summed E-state index contributed by atoms with van der Waals surface area (Å²) in [5.41, 5.74) is 0. The molecule has 0 amide bonds. The van der Waals surface area contributed by atoms with Crippen LogP contribution in [0.15, 0.2) is 0 Å². The number of ether oxygens (including phenoxy) is 10. The van der Waals surface area contributed by atoms with Crippen LogP contribution in [0.1, 0.15) is 89.9 Å². The van der Waals surface area contributed by atoms with Crippen molar-refractivity contribution >= 4 is 23.9 Å². The average Bonchev–Trinajstić information content (AvgIpc) is 3.46. The van der Waals surface area contributed by atoms with Gasteiger partial charge in [-0.25, -0.2) is 0 Å². The summed E-state index contributed by atoms with van der Waals surface area (Å²) in [5, 5.41) is 159. The molecule has 16 N–H and O–H groups in total. The highest BCUT2D eigenvalue weighted by Gasteiger charge is 2.57. The monoisotopic (exact) mass is 1140 g/mol. The van der Waals surface area contributed by atoms with Gasteiger partial charge in [0.25, 0.3) is 0 Å². The van der Waals surface area contributed by atoms with Crippen LogP contribution in [0.2, 0.25) is 0 Å². The molecule has 452 valence electrons. The van der Waals surface area contributed by atoms with E-state index in [1.807, 2.05) is 0 Å². The smallest absolute Gasteiger partial charge is 0.317 e. The van der Waals surface area contributed by atoms with Crippen LogP contribution in [0.25, 0.3) is 0 Å². The molecule has 0 bridgehead atoms. The van der Waals surface area contributed by atoms with E-state index in [1.165, 1.54) is 0 Å². The molecule has 4 saturated heterocycles. The zero-order valence-electron chi connectivity index (χ0n) is 43.2. The van der Waals surface area contributed by atoms with Gasteiger partial charge < -0.3 is 124 Å². The molecule has 8 fully saturated rings. The van der Waals surface area contributed by atoms with Crippen molar-refractivity contribution in [1.82, 2.24) is 0 Å². The van der Waals surface area contributed by atoms with E-state index in [4.69, 9.17) is 52.5 Å². The van der Waals surface area contributed by atoms with Crippen LogP contribution in [0, 0.1) is 23.7 Å². The first-order valence-electron chi connectivity index (χ1n) is 27.3. The summed E-state index contributed by atoms with van der Waals surface area (Å²) in [5.74, 6) is -6.30. The summed E-state index contributed by atoms with van der Waals surface area (Å²) in [7, 11) is 0. The minimum atomic E-state index is -1.90. The zero-order valence-corrected chi connectivity index (χ0v) is 43.2. The number of carboxylic acids is 1. The van der Waals surface area contributed by atoms with Gasteiger partial charge in [0.05, 0.1) is 54.4 Å². The Labute approximate surface area is 452 Å². The number of aliphatic carboxylic acids is 1. The number of carbonyl (C=O) groups excluding carboxylic acids is 3. The number of carbonyl (C=O) groups is 4. The number of aliphatic hydroxyl groups excluding tert-OH is 14. The Morgan fingerprint density at radius 2 is 0.886 bits per heavy atom. The minimum absolute atomic E-state index is 0.000710. The molecule has 8 aliphatic rings. The van der Waals surface area contributed by atoms with Gasteiger partial charge in [-0.05, 0) is 70.6 Å². The summed E-state index contributed by atoms with van der Waals surface area (Å²) in [6.45, 7) is -1.73. The van der Waals surface area contributed by atoms with E-state index in [9.17, 15) is 90.7 Å². The Kier molecular flexibility index (Phi) is 21.4. The summed E-state index contributed by atoms with van der Waals surface area (Å²) in [6.07, 6.45) is -33.4. The molecule has 0 aromatic heterocycles. The van der Waals surface area contributed by atoms with E-state index in [0.717, 1.165) is 0 Å². The molecule has 0 aromatic rings. The van der Waals surface area contributed by atoms with Gasteiger partial charge in [-0.3, -0.25) is 19.2 Å². The van der Waals surface area contributed by atoms with Gasteiger partial charge in [-0.2, -0.15) is 0 Å². The Hall–Kier alpha value is -2.96. The van der Waals surface area contributed by atoms with Gasteiger partial charge in [-0.1, -0.05) is 0 Å². The summed E-state index contributed by atoms with van der Waals surface area (Å²) in [6, 6.07) is 0. The van der Waals surface area contributed by atoms with Crippen molar-refractivity contribution in [2.24, 2.45) is 23.7 Å². The Bertz CT molecular complexity index is 1990. The predicted octanol–water partition coefficient (Wildman–Crippen LogP) is -6.66. The number of rotatable bonds is 17. The molecule has 4 aliphatic heterocycles. The fraction of sp³-hybridized carbons (Fsp3) is 0.920. The number of hydrogen-bond acceptors (Lipinski definition) is 27. The van der Waals surface area contributed by atoms with E-state index in [2.05, 4.69) is 0 Å². The van der Waals surface area contributed by atoms with Gasteiger partial charge in [0.1, 0.15) is 112 Å². The van der Waals surface area contributed by atoms with Crippen molar-refractivity contribution in [2.45, 2.75) is 243 Å². The third kappa shape index (κ3) is 14.9. The summed E-state index contributed by atoms with van der Waals surface area (Å²) < 4.78 is 56.6. The number of aliphatic hydroxyl groups is 16. The highest BCUT2D eigenvalue weighted by atomic mass is 16.7. The molecule has 4 saturated carbocycles. The molecule has 4 heterocycles. The van der Waals surface area contributed by atoms with Gasteiger partial charge in [0, 0.05) is 18.8 Å². The van der Waals surface area contributed by atoms with Crippen LogP contribution < -0.4 is 0 Å². The number of esters is 3. The van der Waals surface area contributed by atoms with Crippen molar-refractivity contribution in [3.63, 3.8) is 0 Å². The molecule has 0 aromatic carbocycles. The lowest BCUT2D eigenvalue weighted by atomic mass is 9.72. The number of carboxylic acid groups (broad SMARTS) is 1. The molecular formula is C50H79O29+. The summed E-state index contributed by atoms with van der Waals surface area (Å²) in [4.78, 5) is 48.9. The van der Waals surface area contributed by atoms with Crippen LogP contribution in [0.3, 0.4) is 0 Å². The molecule has 0 radical (unpaired) electrons. The predicted molar refractivity (Wildman–Crippen MR) is 254 cm³/mol. The number of fused-ring (bicyclic) bond motifs is 1. The van der Waals surface area contributed by atoms with E-state index in [1.54, 1.807) is 0 Å². The second-order valence-electron chi connectivity index (χ2n) is 22.6. The lowest BCUT2D eigenvalue weighted by Crippen LogP contribution is -2.64. The first-order chi connectivity index (χ1) is 37.5. The van der Waals surface area contributed by atoms with Gasteiger partial charge in [-0.15, -0.1) is 0 Å². The first kappa shape index (κ1) is 62.1. The molecule has 0 spiro atoms.